The normalized spacial score (nSPS) is 12.5. The zero-order valence-corrected chi connectivity index (χ0v) is 13.5. The Hall–Kier alpha value is -2.35. The SMILES string of the molecule is C[C@@H](NC(=O)CNC(=O)c1cccs1)c1cccc(C(F)(F)F)c1. The highest BCUT2D eigenvalue weighted by atomic mass is 32.1. The van der Waals surface area contributed by atoms with Gasteiger partial charge in [0.25, 0.3) is 5.91 Å². The lowest BCUT2D eigenvalue weighted by Gasteiger charge is -2.16. The number of amides is 2. The minimum Gasteiger partial charge on any atom is -0.348 e. The summed E-state index contributed by atoms with van der Waals surface area (Å²) >= 11 is 1.25. The molecule has 2 amide bonds. The molecule has 1 aromatic heterocycles. The van der Waals surface area contributed by atoms with Crippen LogP contribution >= 0.6 is 11.3 Å². The minimum atomic E-state index is -4.44. The van der Waals surface area contributed by atoms with Crippen LogP contribution in [0.15, 0.2) is 41.8 Å². The van der Waals surface area contributed by atoms with Crippen molar-refractivity contribution in [2.45, 2.75) is 19.1 Å². The van der Waals surface area contributed by atoms with Crippen molar-refractivity contribution >= 4 is 23.2 Å². The molecule has 0 spiro atoms. The minimum absolute atomic E-state index is 0.250. The van der Waals surface area contributed by atoms with Crippen molar-refractivity contribution in [3.8, 4) is 0 Å². The van der Waals surface area contributed by atoms with Crippen molar-refractivity contribution in [1.82, 2.24) is 10.6 Å². The molecule has 1 aromatic carbocycles. The molecular weight excluding hydrogens is 341 g/mol. The summed E-state index contributed by atoms with van der Waals surface area (Å²) in [6.07, 6.45) is -4.44. The largest absolute Gasteiger partial charge is 0.416 e. The van der Waals surface area contributed by atoms with Gasteiger partial charge < -0.3 is 10.6 Å². The van der Waals surface area contributed by atoms with Gasteiger partial charge in [-0.2, -0.15) is 13.2 Å². The summed E-state index contributed by atoms with van der Waals surface area (Å²) in [5, 5.41) is 6.76. The predicted molar refractivity (Wildman–Crippen MR) is 84.7 cm³/mol. The van der Waals surface area contributed by atoms with Gasteiger partial charge in [-0.3, -0.25) is 9.59 Å². The smallest absolute Gasteiger partial charge is 0.348 e. The lowest BCUT2D eigenvalue weighted by atomic mass is 10.0. The third kappa shape index (κ3) is 4.82. The van der Waals surface area contributed by atoms with Crippen LogP contribution in [0.25, 0.3) is 0 Å². The fourth-order valence-corrected chi connectivity index (χ4v) is 2.66. The number of nitrogens with one attached hydrogen (secondary N) is 2. The lowest BCUT2D eigenvalue weighted by molar-refractivity contribution is -0.137. The van der Waals surface area contributed by atoms with Crippen molar-refractivity contribution in [2.24, 2.45) is 0 Å². The molecule has 128 valence electrons. The van der Waals surface area contributed by atoms with Crippen LogP contribution in [0.2, 0.25) is 0 Å². The molecular formula is C16H15F3N2O2S. The molecule has 0 aliphatic rings. The number of thiophene rings is 1. The second-order valence-electron chi connectivity index (χ2n) is 5.07. The van der Waals surface area contributed by atoms with E-state index < -0.39 is 23.7 Å². The van der Waals surface area contributed by atoms with E-state index in [1.54, 1.807) is 24.4 Å². The molecule has 0 unspecified atom stereocenters. The lowest BCUT2D eigenvalue weighted by Crippen LogP contribution is -2.37. The molecule has 0 radical (unpaired) electrons. The van der Waals surface area contributed by atoms with Crippen LogP contribution in [0.1, 0.15) is 33.8 Å². The molecule has 24 heavy (non-hydrogen) atoms. The molecule has 8 heteroatoms. The molecule has 2 N–H and O–H groups in total. The van der Waals surface area contributed by atoms with E-state index in [0.29, 0.717) is 10.4 Å². The zero-order valence-electron chi connectivity index (χ0n) is 12.7. The summed E-state index contributed by atoms with van der Waals surface area (Å²) in [6.45, 7) is 1.33. The highest BCUT2D eigenvalue weighted by Gasteiger charge is 2.30. The van der Waals surface area contributed by atoms with Crippen LogP contribution in [0.5, 0.6) is 0 Å². The summed E-state index contributed by atoms with van der Waals surface area (Å²) in [5.41, 5.74) is -0.435. The number of alkyl halides is 3. The number of carbonyl (C=O) groups is 2. The number of hydrogen-bond donors (Lipinski definition) is 2. The van der Waals surface area contributed by atoms with Crippen molar-refractivity contribution in [1.29, 1.82) is 0 Å². The molecule has 2 aromatic rings. The van der Waals surface area contributed by atoms with Crippen LogP contribution in [0.4, 0.5) is 13.2 Å². The van der Waals surface area contributed by atoms with Crippen molar-refractivity contribution in [3.63, 3.8) is 0 Å². The van der Waals surface area contributed by atoms with Gasteiger partial charge >= 0.3 is 6.18 Å². The summed E-state index contributed by atoms with van der Waals surface area (Å²) in [5.74, 6) is -0.850. The molecule has 1 heterocycles. The molecule has 0 bridgehead atoms. The van der Waals surface area contributed by atoms with E-state index in [0.717, 1.165) is 12.1 Å². The van der Waals surface area contributed by atoms with Crippen LogP contribution < -0.4 is 10.6 Å². The number of hydrogen-bond acceptors (Lipinski definition) is 3. The fraction of sp³-hybridized carbons (Fsp3) is 0.250. The summed E-state index contributed by atoms with van der Waals surface area (Å²) < 4.78 is 38.1. The van der Waals surface area contributed by atoms with E-state index in [-0.39, 0.29) is 12.5 Å². The average Bonchev–Trinajstić information content (AvgIpc) is 3.06. The summed E-state index contributed by atoms with van der Waals surface area (Å²) in [4.78, 5) is 24.0. The summed E-state index contributed by atoms with van der Waals surface area (Å²) in [6, 6.07) is 7.50. The first-order valence-corrected chi connectivity index (χ1v) is 7.93. The quantitative estimate of drug-likeness (QED) is 0.863. The second kappa shape index (κ2) is 7.48. The van der Waals surface area contributed by atoms with Crippen LogP contribution in [0.3, 0.4) is 0 Å². The monoisotopic (exact) mass is 356 g/mol. The van der Waals surface area contributed by atoms with Crippen LogP contribution in [-0.4, -0.2) is 18.4 Å². The highest BCUT2D eigenvalue weighted by molar-refractivity contribution is 7.12. The van der Waals surface area contributed by atoms with E-state index in [1.165, 1.54) is 23.5 Å². The average molecular weight is 356 g/mol. The van der Waals surface area contributed by atoms with E-state index in [2.05, 4.69) is 10.6 Å². The standard InChI is InChI=1S/C16H15F3N2O2S/c1-10(11-4-2-5-12(8-11)16(17,18)19)21-14(22)9-20-15(23)13-6-3-7-24-13/h2-8,10H,9H2,1H3,(H,20,23)(H,21,22)/t10-/m1/s1. The number of rotatable bonds is 5. The van der Waals surface area contributed by atoms with Gasteiger partial charge in [-0.05, 0) is 36.1 Å². The Morgan fingerprint density at radius 2 is 1.96 bits per heavy atom. The number of benzene rings is 1. The molecule has 0 fully saturated rings. The van der Waals surface area contributed by atoms with Gasteiger partial charge in [0.1, 0.15) is 0 Å². The van der Waals surface area contributed by atoms with Gasteiger partial charge in [0.05, 0.1) is 23.0 Å². The van der Waals surface area contributed by atoms with Gasteiger partial charge in [-0.1, -0.05) is 18.2 Å². The predicted octanol–water partition coefficient (Wildman–Crippen LogP) is 3.37. The third-order valence-corrected chi connectivity index (χ3v) is 4.11. The number of halogens is 3. The maximum absolute atomic E-state index is 12.7. The van der Waals surface area contributed by atoms with Crippen molar-refractivity contribution < 1.29 is 22.8 Å². The Morgan fingerprint density at radius 1 is 1.21 bits per heavy atom. The van der Waals surface area contributed by atoms with Gasteiger partial charge in [0, 0.05) is 0 Å². The first kappa shape index (κ1) is 18.0. The number of carbonyl (C=O) groups excluding carboxylic acids is 2. The van der Waals surface area contributed by atoms with E-state index in [9.17, 15) is 22.8 Å². The Kier molecular flexibility index (Phi) is 5.61. The van der Waals surface area contributed by atoms with E-state index in [4.69, 9.17) is 0 Å². The topological polar surface area (TPSA) is 58.2 Å². The Morgan fingerprint density at radius 3 is 2.58 bits per heavy atom. The molecule has 0 aliphatic heterocycles. The Balaban J connectivity index is 1.91. The van der Waals surface area contributed by atoms with Crippen LogP contribution in [-0.2, 0) is 11.0 Å². The van der Waals surface area contributed by atoms with Crippen molar-refractivity contribution in [2.75, 3.05) is 6.54 Å². The Bertz CT molecular complexity index is 714. The first-order chi connectivity index (χ1) is 11.3. The third-order valence-electron chi connectivity index (χ3n) is 3.25. The molecule has 1 atom stereocenters. The van der Waals surface area contributed by atoms with Crippen LogP contribution in [0, 0.1) is 0 Å². The highest BCUT2D eigenvalue weighted by Crippen LogP contribution is 2.30. The van der Waals surface area contributed by atoms with Gasteiger partial charge in [-0.15, -0.1) is 11.3 Å². The molecule has 0 saturated carbocycles. The Labute approximate surface area is 140 Å². The summed E-state index contributed by atoms with van der Waals surface area (Å²) in [7, 11) is 0. The second-order valence-corrected chi connectivity index (χ2v) is 6.02. The van der Waals surface area contributed by atoms with E-state index >= 15 is 0 Å². The first-order valence-electron chi connectivity index (χ1n) is 7.05. The molecule has 0 aliphatic carbocycles. The van der Waals surface area contributed by atoms with Gasteiger partial charge in [-0.25, -0.2) is 0 Å². The van der Waals surface area contributed by atoms with Gasteiger partial charge in [0.2, 0.25) is 5.91 Å². The maximum atomic E-state index is 12.7. The fourth-order valence-electron chi connectivity index (χ4n) is 2.02. The molecule has 4 nitrogen and oxygen atoms in total. The molecule has 2 rings (SSSR count). The zero-order chi connectivity index (χ0) is 17.7. The maximum Gasteiger partial charge on any atom is 0.416 e. The van der Waals surface area contributed by atoms with E-state index in [1.807, 2.05) is 0 Å². The van der Waals surface area contributed by atoms with Crippen molar-refractivity contribution in [3.05, 3.63) is 57.8 Å². The van der Waals surface area contributed by atoms with Gasteiger partial charge in [0.15, 0.2) is 0 Å². The molecule has 0 saturated heterocycles.